The van der Waals surface area contributed by atoms with Crippen LogP contribution in [0.1, 0.15) is 79.9 Å². The summed E-state index contributed by atoms with van der Waals surface area (Å²) < 4.78 is 3.90. The van der Waals surface area contributed by atoms with E-state index in [9.17, 15) is 0 Å². The zero-order chi connectivity index (χ0) is 34.2. The van der Waals surface area contributed by atoms with E-state index in [4.69, 9.17) is 0 Å². The average Bonchev–Trinajstić information content (AvgIpc) is 3.65. The number of rotatable bonds is 4. The Bertz CT molecular complexity index is 2620. The van der Waals surface area contributed by atoms with Gasteiger partial charge in [0.15, 0.2) is 0 Å². The van der Waals surface area contributed by atoms with E-state index in [2.05, 4.69) is 153 Å². The fraction of sp³-hybridized carbons (Fsp3) is 0.224. The van der Waals surface area contributed by atoms with Crippen molar-refractivity contribution in [3.63, 3.8) is 0 Å². The van der Waals surface area contributed by atoms with Crippen LogP contribution in [0.2, 0.25) is 0 Å². The first-order chi connectivity index (χ1) is 25.0. The van der Waals surface area contributed by atoms with Gasteiger partial charge >= 0.3 is 0 Å². The standard InChI is InChI=1S/C49H43NS/c1-30-19-20-33(26-31(2)25-30)27-42-32(3)36-23-21-34(28-43(36)38-12-5-4-11-37(38)42)35-22-24-46-44(29-35)39-13-6-8-16-45(39)50(46)47-17-10-15-41-40-14-7-9-18-48(40)51-49(41)47/h4-8,10-17,21-26,28-29,32-33,42H,9,18-20,27H2,1-3H3. The summed E-state index contributed by atoms with van der Waals surface area (Å²) >= 11 is 1.98. The van der Waals surface area contributed by atoms with Gasteiger partial charge in [-0.1, -0.05) is 115 Å². The normalized spacial score (nSPS) is 19.8. The van der Waals surface area contributed by atoms with Gasteiger partial charge in [-0.05, 0) is 133 Å². The van der Waals surface area contributed by atoms with Crippen LogP contribution in [-0.2, 0) is 6.42 Å². The minimum absolute atomic E-state index is 0.469. The van der Waals surface area contributed by atoms with Crippen molar-refractivity contribution in [1.29, 1.82) is 0 Å². The number of aromatic nitrogens is 1. The summed E-state index contributed by atoms with van der Waals surface area (Å²) in [7, 11) is 0. The number of hydrogen-bond donors (Lipinski definition) is 0. The molecule has 2 heteroatoms. The Labute approximate surface area is 305 Å². The van der Waals surface area contributed by atoms with Gasteiger partial charge in [-0.2, -0.15) is 0 Å². The maximum Gasteiger partial charge on any atom is 0.0640 e. The highest BCUT2D eigenvalue weighted by Gasteiger charge is 2.32. The monoisotopic (exact) mass is 677 g/mol. The van der Waals surface area contributed by atoms with Gasteiger partial charge < -0.3 is 4.57 Å². The lowest BCUT2D eigenvalue weighted by Gasteiger charge is -2.35. The van der Waals surface area contributed by atoms with Crippen LogP contribution in [0.4, 0.5) is 0 Å². The molecule has 0 aliphatic heterocycles. The van der Waals surface area contributed by atoms with E-state index in [1.165, 1.54) is 112 Å². The summed E-state index contributed by atoms with van der Waals surface area (Å²) in [5.41, 5.74) is 16.6. The van der Waals surface area contributed by atoms with Crippen molar-refractivity contribution >= 4 is 49.3 Å². The molecule has 2 aromatic heterocycles. The molecule has 0 bridgehead atoms. The largest absolute Gasteiger partial charge is 0.308 e. The first-order valence-corrected chi connectivity index (χ1v) is 19.7. The van der Waals surface area contributed by atoms with Gasteiger partial charge in [-0.25, -0.2) is 0 Å². The second-order valence-corrected chi connectivity index (χ2v) is 16.4. The van der Waals surface area contributed by atoms with Gasteiger partial charge in [-0.3, -0.25) is 0 Å². The van der Waals surface area contributed by atoms with E-state index in [1.807, 2.05) is 11.3 Å². The topological polar surface area (TPSA) is 4.93 Å². The number of allylic oxidation sites excluding steroid dienone is 5. The van der Waals surface area contributed by atoms with Crippen molar-refractivity contribution in [1.82, 2.24) is 4.57 Å². The lowest BCUT2D eigenvalue weighted by Crippen LogP contribution is -2.18. The van der Waals surface area contributed by atoms with Gasteiger partial charge in [0.05, 0.1) is 21.4 Å². The molecule has 3 unspecified atom stereocenters. The molecule has 0 amide bonds. The molecule has 5 aromatic carbocycles. The predicted molar refractivity (Wildman–Crippen MR) is 220 cm³/mol. The summed E-state index contributed by atoms with van der Waals surface area (Å²) in [4.78, 5) is 1.52. The fourth-order valence-corrected chi connectivity index (χ4v) is 11.0. The van der Waals surface area contributed by atoms with Crippen LogP contribution in [0.3, 0.4) is 0 Å². The third kappa shape index (κ3) is 5.02. The number of hydrogen-bond acceptors (Lipinski definition) is 1. The third-order valence-electron chi connectivity index (χ3n) is 12.1. The van der Waals surface area contributed by atoms with Gasteiger partial charge in [0.2, 0.25) is 0 Å². The smallest absolute Gasteiger partial charge is 0.0640 e. The first-order valence-electron chi connectivity index (χ1n) is 18.9. The zero-order valence-electron chi connectivity index (χ0n) is 29.7. The van der Waals surface area contributed by atoms with Crippen LogP contribution in [0.5, 0.6) is 0 Å². The molecule has 2 heterocycles. The highest BCUT2D eigenvalue weighted by molar-refractivity contribution is 7.19. The Kier molecular flexibility index (Phi) is 7.32. The van der Waals surface area contributed by atoms with Crippen molar-refractivity contribution in [2.45, 2.75) is 64.7 Å². The van der Waals surface area contributed by atoms with Gasteiger partial charge in [-0.15, -0.1) is 11.3 Å². The van der Waals surface area contributed by atoms with E-state index < -0.39 is 0 Å². The molecule has 10 rings (SSSR count). The Morgan fingerprint density at radius 3 is 2.47 bits per heavy atom. The van der Waals surface area contributed by atoms with Gasteiger partial charge in [0, 0.05) is 21.0 Å². The molecule has 0 fully saturated rings. The van der Waals surface area contributed by atoms with Crippen LogP contribution in [0.25, 0.3) is 65.9 Å². The number of aryl methyl sites for hydroxylation is 1. The molecule has 51 heavy (non-hydrogen) atoms. The van der Waals surface area contributed by atoms with E-state index in [0.717, 1.165) is 12.8 Å². The lowest BCUT2D eigenvalue weighted by molar-refractivity contribution is 0.436. The molecule has 250 valence electrons. The van der Waals surface area contributed by atoms with Crippen molar-refractivity contribution in [3.05, 3.63) is 154 Å². The predicted octanol–water partition coefficient (Wildman–Crippen LogP) is 14.2. The number of fused-ring (bicyclic) bond motifs is 9. The van der Waals surface area contributed by atoms with E-state index >= 15 is 0 Å². The molecule has 7 aromatic rings. The van der Waals surface area contributed by atoms with E-state index in [-0.39, 0.29) is 0 Å². The maximum absolute atomic E-state index is 2.54. The SMILES string of the molecule is CC1=CC(CC2c3ccccc3-c3cc(-c4ccc5c(c4)c4ccccc4n5-c4cccc5c6c(sc45)CCC=C6)ccc3C2C)CCC(C)=C1. The summed E-state index contributed by atoms with van der Waals surface area (Å²) in [5.74, 6) is 1.60. The Morgan fingerprint density at radius 1 is 0.725 bits per heavy atom. The van der Waals surface area contributed by atoms with Gasteiger partial charge in [0.1, 0.15) is 0 Å². The maximum atomic E-state index is 2.54. The van der Waals surface area contributed by atoms with Crippen LogP contribution in [0.15, 0.2) is 133 Å². The van der Waals surface area contributed by atoms with Crippen molar-refractivity contribution in [2.75, 3.05) is 0 Å². The molecule has 0 spiro atoms. The van der Waals surface area contributed by atoms with E-state index in [0.29, 0.717) is 17.8 Å². The second kappa shape index (κ2) is 12.1. The second-order valence-electron chi connectivity index (χ2n) is 15.3. The number of thiophene rings is 1. The van der Waals surface area contributed by atoms with Crippen LogP contribution >= 0.6 is 11.3 Å². The fourth-order valence-electron chi connectivity index (χ4n) is 9.68. The number of para-hydroxylation sites is 1. The molecular formula is C49H43NS. The highest BCUT2D eigenvalue weighted by atomic mass is 32.1. The third-order valence-corrected chi connectivity index (χ3v) is 13.4. The lowest BCUT2D eigenvalue weighted by atomic mass is 9.68. The van der Waals surface area contributed by atoms with Crippen molar-refractivity contribution in [3.8, 4) is 27.9 Å². The molecule has 0 saturated carbocycles. The summed E-state index contributed by atoms with van der Waals surface area (Å²) in [6.45, 7) is 7.04. The number of benzene rings is 5. The minimum Gasteiger partial charge on any atom is -0.308 e. The van der Waals surface area contributed by atoms with E-state index in [1.54, 1.807) is 0 Å². The Hall–Kier alpha value is -4.92. The molecule has 0 saturated heterocycles. The van der Waals surface area contributed by atoms with Crippen molar-refractivity contribution in [2.24, 2.45) is 5.92 Å². The molecular weight excluding hydrogens is 635 g/mol. The Morgan fingerprint density at radius 2 is 1.53 bits per heavy atom. The molecule has 0 radical (unpaired) electrons. The van der Waals surface area contributed by atoms with Gasteiger partial charge in [0.25, 0.3) is 0 Å². The quantitative estimate of drug-likeness (QED) is 0.175. The number of nitrogens with zero attached hydrogens (tertiary/aromatic N) is 1. The van der Waals surface area contributed by atoms with Crippen molar-refractivity contribution < 1.29 is 0 Å². The first kappa shape index (κ1) is 30.9. The molecule has 0 N–H and O–H groups in total. The molecule has 1 nitrogen and oxygen atoms in total. The molecule has 3 aliphatic rings. The summed E-state index contributed by atoms with van der Waals surface area (Å²) in [6.07, 6.45) is 15.5. The molecule has 3 atom stereocenters. The average molecular weight is 678 g/mol. The highest BCUT2D eigenvalue weighted by Crippen LogP contribution is 2.51. The Balaban J connectivity index is 1.07. The minimum atomic E-state index is 0.469. The van der Waals surface area contributed by atoms with Crippen LogP contribution in [-0.4, -0.2) is 4.57 Å². The zero-order valence-corrected chi connectivity index (χ0v) is 30.6. The molecule has 3 aliphatic carbocycles. The van der Waals surface area contributed by atoms with Crippen LogP contribution < -0.4 is 0 Å². The van der Waals surface area contributed by atoms with Crippen LogP contribution in [0, 0.1) is 5.92 Å². The summed E-state index contributed by atoms with van der Waals surface area (Å²) in [5, 5.41) is 4.00. The summed E-state index contributed by atoms with van der Waals surface area (Å²) in [6, 6.07) is 39.5.